The van der Waals surface area contributed by atoms with Crippen LogP contribution in [0.2, 0.25) is 0 Å². The van der Waals surface area contributed by atoms with Crippen LogP contribution in [0.3, 0.4) is 0 Å². The lowest BCUT2D eigenvalue weighted by Gasteiger charge is -2.10. The van der Waals surface area contributed by atoms with E-state index in [2.05, 4.69) is 10.6 Å². The average molecular weight is 364 g/mol. The quantitative estimate of drug-likeness (QED) is 0.765. The van der Waals surface area contributed by atoms with Crippen molar-refractivity contribution in [3.63, 3.8) is 0 Å². The van der Waals surface area contributed by atoms with E-state index in [4.69, 9.17) is 5.11 Å². The summed E-state index contributed by atoms with van der Waals surface area (Å²) >= 11 is 0. The Balaban J connectivity index is 1.64. The Bertz CT molecular complexity index is 834. The molecule has 2 amide bonds. The van der Waals surface area contributed by atoms with Gasteiger partial charge in [-0.05, 0) is 42.3 Å². The maximum atomic E-state index is 12.7. The van der Waals surface area contributed by atoms with Gasteiger partial charge >= 0.3 is 12.3 Å². The highest BCUT2D eigenvalue weighted by molar-refractivity contribution is 6.04. The first-order valence-corrected chi connectivity index (χ1v) is 7.82. The second kappa shape index (κ2) is 6.70. The fourth-order valence-corrected chi connectivity index (χ4v) is 2.74. The van der Waals surface area contributed by atoms with Gasteiger partial charge in [0.15, 0.2) is 0 Å². The molecule has 2 unspecified atom stereocenters. The minimum absolute atomic E-state index is 0.0863. The van der Waals surface area contributed by atoms with E-state index < -0.39 is 23.7 Å². The largest absolute Gasteiger partial charge is 0.465 e. The van der Waals surface area contributed by atoms with Crippen LogP contribution in [-0.4, -0.2) is 23.1 Å². The van der Waals surface area contributed by atoms with Crippen molar-refractivity contribution in [2.45, 2.75) is 24.6 Å². The molecular formula is C18H15F3N2O3. The molecule has 2 aromatic rings. The van der Waals surface area contributed by atoms with Gasteiger partial charge in [-0.15, -0.1) is 0 Å². The second-order valence-corrected chi connectivity index (χ2v) is 6.05. The van der Waals surface area contributed by atoms with Gasteiger partial charge in [-0.3, -0.25) is 4.79 Å². The second-order valence-electron chi connectivity index (χ2n) is 6.05. The maximum absolute atomic E-state index is 12.7. The third-order valence-corrected chi connectivity index (χ3v) is 4.15. The number of carboxylic acid groups (broad SMARTS) is 1. The molecule has 0 bridgehead atoms. The third-order valence-electron chi connectivity index (χ3n) is 4.15. The van der Waals surface area contributed by atoms with E-state index in [1.165, 1.54) is 12.1 Å². The topological polar surface area (TPSA) is 78.4 Å². The predicted octanol–water partition coefficient (Wildman–Crippen LogP) is 4.08. The van der Waals surface area contributed by atoms with E-state index in [-0.39, 0.29) is 17.5 Å². The van der Waals surface area contributed by atoms with Crippen molar-refractivity contribution in [2.75, 3.05) is 5.32 Å². The minimum Gasteiger partial charge on any atom is -0.465 e. The van der Waals surface area contributed by atoms with Crippen LogP contribution in [0.1, 0.15) is 33.8 Å². The zero-order chi connectivity index (χ0) is 18.9. The molecule has 2 atom stereocenters. The average Bonchev–Trinajstić information content (AvgIpc) is 3.33. The molecule has 3 rings (SSSR count). The zero-order valence-corrected chi connectivity index (χ0v) is 13.4. The molecule has 1 saturated carbocycles. The highest BCUT2D eigenvalue weighted by Crippen LogP contribution is 2.41. The summed E-state index contributed by atoms with van der Waals surface area (Å²) in [5.41, 5.74) is 0.406. The number of nitrogens with one attached hydrogen (secondary N) is 2. The molecule has 1 fully saturated rings. The Morgan fingerprint density at radius 1 is 1.08 bits per heavy atom. The molecular weight excluding hydrogens is 349 g/mol. The van der Waals surface area contributed by atoms with E-state index in [1.54, 1.807) is 24.3 Å². The van der Waals surface area contributed by atoms with E-state index in [0.717, 1.165) is 17.7 Å². The van der Waals surface area contributed by atoms with Gasteiger partial charge in [-0.1, -0.05) is 18.2 Å². The van der Waals surface area contributed by atoms with Gasteiger partial charge in [0.25, 0.3) is 5.91 Å². The van der Waals surface area contributed by atoms with Crippen molar-refractivity contribution < 1.29 is 27.9 Å². The van der Waals surface area contributed by atoms with E-state index >= 15 is 0 Å². The molecule has 3 N–H and O–H groups in total. The fourth-order valence-electron chi connectivity index (χ4n) is 2.74. The lowest BCUT2D eigenvalue weighted by Crippen LogP contribution is -2.24. The standard InChI is InChI=1S/C18H15F3N2O3/c19-18(20,21)12-3-1-2-11(8-12)16(24)22-13-6-4-10(5-7-13)14-9-15(14)23-17(25)26/h1-8,14-15,23H,9H2,(H,22,24)(H,25,26). The van der Waals surface area contributed by atoms with Crippen LogP contribution in [0, 0.1) is 0 Å². The van der Waals surface area contributed by atoms with Crippen molar-refractivity contribution in [1.29, 1.82) is 0 Å². The lowest BCUT2D eigenvalue weighted by atomic mass is 10.1. The first kappa shape index (κ1) is 17.8. The van der Waals surface area contributed by atoms with Crippen LogP contribution < -0.4 is 10.6 Å². The van der Waals surface area contributed by atoms with Crippen molar-refractivity contribution >= 4 is 17.7 Å². The number of alkyl halides is 3. The first-order valence-electron chi connectivity index (χ1n) is 7.82. The molecule has 26 heavy (non-hydrogen) atoms. The smallest absolute Gasteiger partial charge is 0.416 e. The SMILES string of the molecule is O=C(O)NC1CC1c1ccc(NC(=O)c2cccc(C(F)(F)F)c2)cc1. The molecule has 0 aliphatic heterocycles. The van der Waals surface area contributed by atoms with Crippen LogP contribution >= 0.6 is 0 Å². The van der Waals surface area contributed by atoms with Crippen LogP contribution in [0.5, 0.6) is 0 Å². The number of carbonyl (C=O) groups is 2. The molecule has 0 heterocycles. The van der Waals surface area contributed by atoms with Gasteiger partial charge < -0.3 is 15.7 Å². The molecule has 1 aliphatic rings. The van der Waals surface area contributed by atoms with Crippen LogP contribution in [-0.2, 0) is 6.18 Å². The number of carbonyl (C=O) groups excluding carboxylic acids is 1. The van der Waals surface area contributed by atoms with Gasteiger partial charge in [-0.2, -0.15) is 13.2 Å². The molecule has 0 radical (unpaired) electrons. The molecule has 0 spiro atoms. The van der Waals surface area contributed by atoms with Crippen LogP contribution in [0.15, 0.2) is 48.5 Å². The number of halogens is 3. The Morgan fingerprint density at radius 2 is 1.77 bits per heavy atom. The summed E-state index contributed by atoms with van der Waals surface area (Å²) in [6, 6.07) is 10.9. The summed E-state index contributed by atoms with van der Waals surface area (Å²) in [6.07, 6.45) is -4.87. The molecule has 0 aromatic heterocycles. The van der Waals surface area contributed by atoms with E-state index in [1.807, 2.05) is 0 Å². The summed E-state index contributed by atoms with van der Waals surface area (Å²) in [7, 11) is 0. The number of benzene rings is 2. The Labute approximate surface area is 146 Å². The monoisotopic (exact) mass is 364 g/mol. The normalized spacial score (nSPS) is 18.9. The highest BCUT2D eigenvalue weighted by atomic mass is 19.4. The molecule has 1 aliphatic carbocycles. The fraction of sp³-hybridized carbons (Fsp3) is 0.222. The molecule has 5 nitrogen and oxygen atoms in total. The number of hydrogen-bond acceptors (Lipinski definition) is 2. The van der Waals surface area contributed by atoms with Crippen molar-refractivity contribution in [3.05, 3.63) is 65.2 Å². The molecule has 136 valence electrons. The molecule has 2 aromatic carbocycles. The number of hydrogen-bond donors (Lipinski definition) is 3. The van der Waals surface area contributed by atoms with Gasteiger partial charge in [0.2, 0.25) is 0 Å². The van der Waals surface area contributed by atoms with Crippen molar-refractivity contribution in [3.8, 4) is 0 Å². The predicted molar refractivity (Wildman–Crippen MR) is 88.1 cm³/mol. The summed E-state index contributed by atoms with van der Waals surface area (Å²) in [6.45, 7) is 0. The van der Waals surface area contributed by atoms with Crippen molar-refractivity contribution in [1.82, 2.24) is 5.32 Å². The minimum atomic E-state index is -4.51. The summed E-state index contributed by atoms with van der Waals surface area (Å²) < 4.78 is 38.2. The highest BCUT2D eigenvalue weighted by Gasteiger charge is 2.39. The van der Waals surface area contributed by atoms with Crippen LogP contribution in [0.4, 0.5) is 23.7 Å². The van der Waals surface area contributed by atoms with E-state index in [9.17, 15) is 22.8 Å². The number of rotatable bonds is 4. The Kier molecular flexibility index (Phi) is 4.58. The molecule has 8 heteroatoms. The van der Waals surface area contributed by atoms with Crippen LogP contribution in [0.25, 0.3) is 0 Å². The zero-order valence-electron chi connectivity index (χ0n) is 13.4. The van der Waals surface area contributed by atoms with Gasteiger partial charge in [-0.25, -0.2) is 4.79 Å². The van der Waals surface area contributed by atoms with Gasteiger partial charge in [0, 0.05) is 23.2 Å². The summed E-state index contributed by atoms with van der Waals surface area (Å²) in [4.78, 5) is 22.7. The Morgan fingerprint density at radius 3 is 2.38 bits per heavy atom. The number of amides is 2. The van der Waals surface area contributed by atoms with Gasteiger partial charge in [0.05, 0.1) is 5.56 Å². The molecule has 0 saturated heterocycles. The Hall–Kier alpha value is -3.03. The lowest BCUT2D eigenvalue weighted by molar-refractivity contribution is -0.137. The summed E-state index contributed by atoms with van der Waals surface area (Å²) in [5, 5.41) is 13.6. The number of anilines is 1. The maximum Gasteiger partial charge on any atom is 0.416 e. The van der Waals surface area contributed by atoms with E-state index in [0.29, 0.717) is 12.1 Å². The third kappa shape index (κ3) is 4.14. The van der Waals surface area contributed by atoms with Gasteiger partial charge in [0.1, 0.15) is 0 Å². The van der Waals surface area contributed by atoms with Crippen molar-refractivity contribution in [2.24, 2.45) is 0 Å². The summed E-state index contributed by atoms with van der Waals surface area (Å²) in [5.74, 6) is -0.542. The first-order chi connectivity index (χ1) is 12.2.